The molecule has 1 aromatic heterocycles. The maximum Gasteiger partial charge on any atom is 0.227 e. The van der Waals surface area contributed by atoms with Gasteiger partial charge in [-0.2, -0.15) is 10.2 Å². The molecule has 0 aliphatic heterocycles. The van der Waals surface area contributed by atoms with Crippen LogP contribution in [0.25, 0.3) is 0 Å². The van der Waals surface area contributed by atoms with Gasteiger partial charge < -0.3 is 10.2 Å². The molecule has 0 aliphatic carbocycles. The van der Waals surface area contributed by atoms with Crippen LogP contribution in [0.15, 0.2) is 24.3 Å². The number of benzene rings is 1. The summed E-state index contributed by atoms with van der Waals surface area (Å²) in [5, 5.41) is 8.92. The first-order valence-electron chi connectivity index (χ1n) is 6.70. The van der Waals surface area contributed by atoms with Gasteiger partial charge in [0.2, 0.25) is 5.88 Å². The summed E-state index contributed by atoms with van der Waals surface area (Å²) >= 11 is 0. The van der Waals surface area contributed by atoms with Crippen molar-refractivity contribution in [1.82, 2.24) is 9.97 Å². The van der Waals surface area contributed by atoms with E-state index in [2.05, 4.69) is 28.4 Å². The van der Waals surface area contributed by atoms with Gasteiger partial charge in [-0.05, 0) is 31.5 Å². The van der Waals surface area contributed by atoms with Gasteiger partial charge in [0, 0.05) is 6.42 Å². The number of ether oxygens (including phenoxy) is 1. The van der Waals surface area contributed by atoms with Crippen LogP contribution in [0.3, 0.4) is 0 Å². The largest absolute Gasteiger partial charge is 0.439 e. The Morgan fingerprint density at radius 1 is 1.38 bits per heavy atom. The van der Waals surface area contributed by atoms with Crippen LogP contribution in [0.2, 0.25) is 0 Å². The number of hydrogen-bond acceptors (Lipinski definition) is 6. The summed E-state index contributed by atoms with van der Waals surface area (Å²) in [6.07, 6.45) is 1.67. The number of aryl methyl sites for hydroxylation is 1. The minimum Gasteiger partial charge on any atom is -0.439 e. The van der Waals surface area contributed by atoms with Crippen LogP contribution in [-0.4, -0.2) is 9.97 Å². The number of nitrogens with one attached hydrogen (secondary N) is 1. The zero-order valence-corrected chi connectivity index (χ0v) is 12.1. The van der Waals surface area contributed by atoms with Crippen LogP contribution in [0, 0.1) is 18.3 Å². The molecule has 0 unspecified atom stereocenters. The van der Waals surface area contributed by atoms with E-state index in [4.69, 9.17) is 15.8 Å². The van der Waals surface area contributed by atoms with Crippen molar-refractivity contribution in [2.45, 2.75) is 26.7 Å². The number of hydrogen-bond donors (Lipinski definition) is 2. The molecule has 0 saturated carbocycles. The number of aromatic nitrogens is 2. The van der Waals surface area contributed by atoms with E-state index in [1.54, 1.807) is 24.3 Å². The van der Waals surface area contributed by atoms with E-state index < -0.39 is 0 Å². The summed E-state index contributed by atoms with van der Waals surface area (Å²) in [6.45, 7) is 3.88. The Balaban J connectivity index is 2.38. The Kier molecular flexibility index (Phi) is 4.69. The Bertz CT molecular complexity index is 678. The molecule has 0 radical (unpaired) electrons. The highest BCUT2D eigenvalue weighted by molar-refractivity contribution is 5.49. The van der Waals surface area contributed by atoms with Gasteiger partial charge in [-0.25, -0.2) is 10.8 Å². The average molecular weight is 283 g/mol. The third-order valence-corrected chi connectivity index (χ3v) is 2.94. The van der Waals surface area contributed by atoms with Crippen LogP contribution in [0.5, 0.6) is 11.6 Å². The normalized spacial score (nSPS) is 10.0. The molecule has 0 bridgehead atoms. The molecule has 6 heteroatoms. The highest BCUT2D eigenvalue weighted by Crippen LogP contribution is 2.27. The molecule has 0 atom stereocenters. The average Bonchev–Trinajstić information content (AvgIpc) is 2.50. The van der Waals surface area contributed by atoms with E-state index in [0.29, 0.717) is 28.8 Å². The fourth-order valence-electron chi connectivity index (χ4n) is 1.86. The summed E-state index contributed by atoms with van der Waals surface area (Å²) in [5.74, 6) is 7.69. The van der Waals surface area contributed by atoms with Crippen molar-refractivity contribution in [3.05, 3.63) is 41.2 Å². The fraction of sp³-hybridized carbons (Fsp3) is 0.267. The molecule has 108 valence electrons. The zero-order valence-electron chi connectivity index (χ0n) is 12.1. The second kappa shape index (κ2) is 6.68. The topological polar surface area (TPSA) is 96.9 Å². The van der Waals surface area contributed by atoms with E-state index in [0.717, 1.165) is 18.4 Å². The van der Waals surface area contributed by atoms with E-state index in [1.165, 1.54) is 0 Å². The van der Waals surface area contributed by atoms with Crippen LogP contribution in [-0.2, 0) is 6.42 Å². The third kappa shape index (κ3) is 3.46. The Labute approximate surface area is 123 Å². The molecular formula is C15H17N5O. The minimum atomic E-state index is 0.441. The van der Waals surface area contributed by atoms with Crippen LogP contribution >= 0.6 is 0 Å². The minimum absolute atomic E-state index is 0.441. The van der Waals surface area contributed by atoms with E-state index >= 15 is 0 Å². The maximum atomic E-state index is 8.92. The van der Waals surface area contributed by atoms with Gasteiger partial charge in [-0.1, -0.05) is 13.0 Å². The molecule has 21 heavy (non-hydrogen) atoms. The fourth-order valence-corrected chi connectivity index (χ4v) is 1.86. The zero-order chi connectivity index (χ0) is 15.2. The molecule has 2 rings (SSSR count). The second-order valence-electron chi connectivity index (χ2n) is 4.55. The molecule has 6 nitrogen and oxygen atoms in total. The van der Waals surface area contributed by atoms with Crippen molar-refractivity contribution < 1.29 is 4.74 Å². The van der Waals surface area contributed by atoms with Crippen molar-refractivity contribution in [3.8, 4) is 17.7 Å². The third-order valence-electron chi connectivity index (χ3n) is 2.94. The summed E-state index contributed by atoms with van der Waals surface area (Å²) in [7, 11) is 0. The number of nitriles is 1. The van der Waals surface area contributed by atoms with Crippen LogP contribution in [0.4, 0.5) is 5.82 Å². The molecule has 0 amide bonds. The number of nitrogens with zero attached hydrogens (tertiary/aromatic N) is 3. The first-order chi connectivity index (χ1) is 10.2. The Morgan fingerprint density at radius 3 is 2.86 bits per heavy atom. The van der Waals surface area contributed by atoms with Crippen molar-refractivity contribution >= 4 is 5.82 Å². The van der Waals surface area contributed by atoms with Gasteiger partial charge in [0.25, 0.3) is 0 Å². The summed E-state index contributed by atoms with van der Waals surface area (Å²) in [4.78, 5) is 8.75. The van der Waals surface area contributed by atoms with Crippen LogP contribution < -0.4 is 16.0 Å². The SMILES string of the molecule is CCCc1nc(NN)c(C)c(Oc2cccc(C#N)c2)n1. The monoisotopic (exact) mass is 283 g/mol. The van der Waals surface area contributed by atoms with Crippen molar-refractivity contribution in [2.75, 3.05) is 5.43 Å². The Morgan fingerprint density at radius 2 is 2.19 bits per heavy atom. The molecule has 2 aromatic rings. The Hall–Kier alpha value is -2.65. The lowest BCUT2D eigenvalue weighted by Crippen LogP contribution is -2.13. The molecule has 1 heterocycles. The number of hydrazine groups is 1. The van der Waals surface area contributed by atoms with Gasteiger partial charge in [0.05, 0.1) is 17.2 Å². The molecule has 0 spiro atoms. The molecule has 0 saturated heterocycles. The predicted octanol–water partition coefficient (Wildman–Crippen LogP) is 2.69. The van der Waals surface area contributed by atoms with E-state index in [9.17, 15) is 0 Å². The summed E-state index contributed by atoms with van der Waals surface area (Å²) < 4.78 is 5.78. The van der Waals surface area contributed by atoms with Crippen LogP contribution in [0.1, 0.15) is 30.3 Å². The molecule has 0 fully saturated rings. The number of nitrogen functional groups attached to an aromatic ring is 1. The lowest BCUT2D eigenvalue weighted by molar-refractivity contribution is 0.454. The van der Waals surface area contributed by atoms with Crippen molar-refractivity contribution in [2.24, 2.45) is 5.84 Å². The quantitative estimate of drug-likeness (QED) is 0.647. The van der Waals surface area contributed by atoms with E-state index in [1.807, 2.05) is 6.92 Å². The molecular weight excluding hydrogens is 266 g/mol. The standard InChI is InChI=1S/C15H17N5O/c1-3-5-13-18-14(20-17)10(2)15(19-13)21-12-7-4-6-11(8-12)9-16/h4,6-8H,3,5,17H2,1-2H3,(H,18,19,20). The highest BCUT2D eigenvalue weighted by Gasteiger charge is 2.12. The number of rotatable bonds is 5. The van der Waals surface area contributed by atoms with Gasteiger partial charge in [0.15, 0.2) is 0 Å². The molecule has 3 N–H and O–H groups in total. The van der Waals surface area contributed by atoms with Gasteiger partial charge >= 0.3 is 0 Å². The first kappa shape index (κ1) is 14.8. The molecule has 1 aromatic carbocycles. The lowest BCUT2D eigenvalue weighted by atomic mass is 10.2. The molecule has 0 aliphatic rings. The van der Waals surface area contributed by atoms with Gasteiger partial charge in [-0.3, -0.25) is 0 Å². The second-order valence-corrected chi connectivity index (χ2v) is 4.55. The van der Waals surface area contributed by atoms with E-state index in [-0.39, 0.29) is 0 Å². The van der Waals surface area contributed by atoms with Gasteiger partial charge in [-0.15, -0.1) is 0 Å². The summed E-state index contributed by atoms with van der Waals surface area (Å²) in [5.41, 5.74) is 3.81. The summed E-state index contributed by atoms with van der Waals surface area (Å²) in [6, 6.07) is 9.00. The van der Waals surface area contributed by atoms with Gasteiger partial charge in [0.1, 0.15) is 17.4 Å². The lowest BCUT2D eigenvalue weighted by Gasteiger charge is -2.12. The predicted molar refractivity (Wildman–Crippen MR) is 79.8 cm³/mol. The number of anilines is 1. The smallest absolute Gasteiger partial charge is 0.227 e. The highest BCUT2D eigenvalue weighted by atomic mass is 16.5. The maximum absolute atomic E-state index is 8.92. The van der Waals surface area contributed by atoms with Crippen molar-refractivity contribution in [1.29, 1.82) is 5.26 Å². The van der Waals surface area contributed by atoms with Crippen molar-refractivity contribution in [3.63, 3.8) is 0 Å². The first-order valence-corrected chi connectivity index (χ1v) is 6.70. The number of nitrogens with two attached hydrogens (primary N) is 1.